The molecule has 3 aromatic rings. The predicted octanol–water partition coefficient (Wildman–Crippen LogP) is 4.29. The number of sulfonamides is 1. The van der Waals surface area contributed by atoms with Crippen LogP contribution in [0.15, 0.2) is 48.5 Å². The molecule has 1 N–H and O–H groups in total. The smallest absolute Gasteiger partial charge is 0.261 e. The molecule has 0 spiro atoms. The third kappa shape index (κ3) is 5.72. The first-order valence-corrected chi connectivity index (χ1v) is 12.3. The molecule has 1 aromatic heterocycles. The van der Waals surface area contributed by atoms with Gasteiger partial charge in [-0.1, -0.05) is 23.7 Å². The van der Waals surface area contributed by atoms with E-state index in [0.29, 0.717) is 28.7 Å². The molecule has 0 atom stereocenters. The predicted molar refractivity (Wildman–Crippen MR) is 123 cm³/mol. The Morgan fingerprint density at radius 3 is 2.57 bits per heavy atom. The lowest BCUT2D eigenvalue weighted by atomic mass is 10.2. The van der Waals surface area contributed by atoms with E-state index in [-0.39, 0.29) is 12.5 Å². The van der Waals surface area contributed by atoms with Crippen LogP contribution in [0.5, 0.6) is 0 Å². The van der Waals surface area contributed by atoms with Crippen LogP contribution >= 0.6 is 22.9 Å². The maximum absolute atomic E-state index is 12.5. The number of nitrogens with one attached hydrogen (secondary N) is 1. The topological polar surface area (TPSA) is 75.7 Å². The Hall–Kier alpha value is -2.13. The summed E-state index contributed by atoms with van der Waals surface area (Å²) in [7, 11) is -1.89. The van der Waals surface area contributed by atoms with Gasteiger partial charge in [-0.25, -0.2) is 8.42 Å². The van der Waals surface area contributed by atoms with Crippen LogP contribution in [-0.2, 0) is 21.3 Å². The van der Waals surface area contributed by atoms with Gasteiger partial charge >= 0.3 is 0 Å². The summed E-state index contributed by atoms with van der Waals surface area (Å²) >= 11 is 7.30. The summed E-state index contributed by atoms with van der Waals surface area (Å²) in [6.07, 6.45) is 1.92. The van der Waals surface area contributed by atoms with E-state index in [1.807, 2.05) is 6.07 Å². The Kier molecular flexibility index (Phi) is 7.36. The number of fused-ring (bicyclic) bond motifs is 1. The average molecular weight is 467 g/mol. The maximum Gasteiger partial charge on any atom is 0.261 e. The van der Waals surface area contributed by atoms with Gasteiger partial charge in [-0.3, -0.25) is 9.10 Å². The molecular formula is C21H23ClN2O4S2. The molecule has 0 saturated carbocycles. The summed E-state index contributed by atoms with van der Waals surface area (Å²) in [6.45, 7) is 1.32. The van der Waals surface area contributed by atoms with Crippen LogP contribution in [0.1, 0.15) is 21.7 Å². The highest BCUT2D eigenvalue weighted by Crippen LogP contribution is 2.31. The van der Waals surface area contributed by atoms with Crippen molar-refractivity contribution >= 4 is 54.6 Å². The second-order valence-electron chi connectivity index (χ2n) is 6.83. The summed E-state index contributed by atoms with van der Waals surface area (Å²) in [4.78, 5) is 13.0. The van der Waals surface area contributed by atoms with Crippen LogP contribution in [0.3, 0.4) is 0 Å². The molecule has 160 valence electrons. The van der Waals surface area contributed by atoms with Gasteiger partial charge in [-0.2, -0.15) is 0 Å². The quantitative estimate of drug-likeness (QED) is 0.477. The molecule has 0 radical (unpaired) electrons. The number of amides is 1. The van der Waals surface area contributed by atoms with Gasteiger partial charge in [0.1, 0.15) is 0 Å². The van der Waals surface area contributed by atoms with Crippen molar-refractivity contribution in [1.82, 2.24) is 5.32 Å². The summed E-state index contributed by atoms with van der Waals surface area (Å²) in [5.41, 5.74) is 1.37. The van der Waals surface area contributed by atoms with Gasteiger partial charge in [0.05, 0.1) is 23.4 Å². The first-order chi connectivity index (χ1) is 14.3. The molecule has 30 heavy (non-hydrogen) atoms. The van der Waals surface area contributed by atoms with Gasteiger partial charge in [0.25, 0.3) is 5.91 Å². The second kappa shape index (κ2) is 9.78. The number of carbonyl (C=O) groups is 1. The lowest BCUT2D eigenvalue weighted by Crippen LogP contribution is -2.29. The molecule has 1 heterocycles. The monoisotopic (exact) mass is 466 g/mol. The molecule has 2 aromatic carbocycles. The van der Waals surface area contributed by atoms with Crippen LogP contribution in [0.2, 0.25) is 5.02 Å². The Labute approximate surface area is 185 Å². The highest BCUT2D eigenvalue weighted by molar-refractivity contribution is 7.92. The molecule has 0 unspecified atom stereocenters. The molecular weight excluding hydrogens is 444 g/mol. The van der Waals surface area contributed by atoms with Crippen LogP contribution in [0.4, 0.5) is 5.69 Å². The highest BCUT2D eigenvalue weighted by Gasteiger charge is 2.19. The Morgan fingerprint density at radius 1 is 1.17 bits per heavy atom. The number of halogens is 1. The number of thiophene rings is 1. The van der Waals surface area contributed by atoms with E-state index >= 15 is 0 Å². The van der Waals surface area contributed by atoms with Gasteiger partial charge in [-0.05, 0) is 53.8 Å². The zero-order chi connectivity index (χ0) is 21.7. The molecule has 0 fully saturated rings. The summed E-state index contributed by atoms with van der Waals surface area (Å²) in [5, 5.41) is 4.29. The maximum atomic E-state index is 12.5. The SMILES string of the molecule is COCCCNC(=O)c1cc2cc(N(Cc3ccc(Cl)cc3)S(C)(=O)=O)ccc2s1. The molecule has 6 nitrogen and oxygen atoms in total. The van der Waals surface area contributed by atoms with Gasteiger partial charge < -0.3 is 10.1 Å². The Balaban J connectivity index is 1.84. The number of hydrogen-bond acceptors (Lipinski definition) is 5. The van der Waals surface area contributed by atoms with E-state index in [4.69, 9.17) is 16.3 Å². The van der Waals surface area contributed by atoms with Crippen molar-refractivity contribution in [2.24, 2.45) is 0 Å². The summed E-state index contributed by atoms with van der Waals surface area (Å²) < 4.78 is 32.1. The van der Waals surface area contributed by atoms with Crippen molar-refractivity contribution in [3.05, 3.63) is 64.0 Å². The lowest BCUT2D eigenvalue weighted by Gasteiger charge is -2.22. The first kappa shape index (κ1) is 22.6. The minimum absolute atomic E-state index is 0.144. The average Bonchev–Trinajstić information content (AvgIpc) is 3.13. The number of ether oxygens (including phenoxy) is 1. The normalized spacial score (nSPS) is 11.6. The fourth-order valence-electron chi connectivity index (χ4n) is 2.96. The molecule has 0 saturated heterocycles. The largest absolute Gasteiger partial charge is 0.385 e. The zero-order valence-electron chi connectivity index (χ0n) is 16.7. The van der Waals surface area contributed by atoms with Gasteiger partial charge in [0, 0.05) is 30.0 Å². The summed E-state index contributed by atoms with van der Waals surface area (Å²) in [5.74, 6) is -0.144. The van der Waals surface area contributed by atoms with Crippen molar-refractivity contribution in [2.45, 2.75) is 13.0 Å². The van der Waals surface area contributed by atoms with Gasteiger partial charge in [-0.15, -0.1) is 11.3 Å². The number of nitrogens with zero attached hydrogens (tertiary/aromatic N) is 1. The highest BCUT2D eigenvalue weighted by atomic mass is 35.5. The zero-order valence-corrected chi connectivity index (χ0v) is 19.1. The number of benzene rings is 2. The van der Waals surface area contributed by atoms with Gasteiger partial charge in [0.15, 0.2) is 0 Å². The number of rotatable bonds is 9. The lowest BCUT2D eigenvalue weighted by molar-refractivity contribution is 0.0952. The Morgan fingerprint density at radius 2 is 1.90 bits per heavy atom. The fourth-order valence-corrected chi connectivity index (χ4v) is 4.92. The van der Waals surface area contributed by atoms with E-state index in [1.165, 1.54) is 21.9 Å². The van der Waals surface area contributed by atoms with Gasteiger partial charge in [0.2, 0.25) is 10.0 Å². The van der Waals surface area contributed by atoms with Crippen LogP contribution in [0, 0.1) is 0 Å². The second-order valence-corrected chi connectivity index (χ2v) is 10.3. The van der Waals surface area contributed by atoms with Crippen molar-refractivity contribution in [2.75, 3.05) is 30.8 Å². The van der Waals surface area contributed by atoms with Crippen LogP contribution < -0.4 is 9.62 Å². The molecule has 0 aliphatic rings. The van der Waals surface area contributed by atoms with E-state index in [0.717, 1.165) is 22.1 Å². The minimum atomic E-state index is -3.51. The standard InChI is InChI=1S/C21H23ClN2O4S2/c1-28-11-3-10-23-21(25)20-13-16-12-18(8-9-19(16)29-20)24(30(2,26)27)14-15-4-6-17(22)7-5-15/h4-9,12-13H,3,10-11,14H2,1-2H3,(H,23,25). The molecule has 0 aliphatic heterocycles. The fraction of sp³-hybridized carbons (Fsp3) is 0.286. The number of carbonyl (C=O) groups excluding carboxylic acids is 1. The summed E-state index contributed by atoms with van der Waals surface area (Å²) in [6, 6.07) is 14.3. The number of methoxy groups -OCH3 is 1. The first-order valence-electron chi connectivity index (χ1n) is 9.31. The Bertz CT molecular complexity index is 1130. The minimum Gasteiger partial charge on any atom is -0.385 e. The third-order valence-electron chi connectivity index (χ3n) is 4.46. The molecule has 1 amide bonds. The van der Waals surface area contributed by atoms with E-state index in [9.17, 15) is 13.2 Å². The van der Waals surface area contributed by atoms with Crippen molar-refractivity contribution in [3.63, 3.8) is 0 Å². The number of anilines is 1. The molecule has 9 heteroatoms. The van der Waals surface area contributed by atoms with E-state index < -0.39 is 10.0 Å². The number of hydrogen-bond donors (Lipinski definition) is 1. The van der Waals surface area contributed by atoms with Crippen LogP contribution in [-0.4, -0.2) is 40.8 Å². The van der Waals surface area contributed by atoms with Crippen molar-refractivity contribution in [3.8, 4) is 0 Å². The molecule has 0 bridgehead atoms. The van der Waals surface area contributed by atoms with Crippen molar-refractivity contribution in [1.29, 1.82) is 0 Å². The van der Waals surface area contributed by atoms with E-state index in [2.05, 4.69) is 5.32 Å². The van der Waals surface area contributed by atoms with E-state index in [1.54, 1.807) is 49.6 Å². The van der Waals surface area contributed by atoms with Crippen molar-refractivity contribution < 1.29 is 17.9 Å². The third-order valence-corrected chi connectivity index (χ3v) is 6.97. The molecule has 3 rings (SSSR count). The molecule has 0 aliphatic carbocycles. The van der Waals surface area contributed by atoms with Crippen LogP contribution in [0.25, 0.3) is 10.1 Å².